The molecule has 0 aromatic heterocycles. The standard InChI is InChI=1S/C44H86O4/c1-3-5-7-9-11-12-13-14-15-16-17-18-22-25-29-33-37-41-44(47)48-42(38-34-30-26-10-8-6-4-2)39-35-31-27-23-20-19-21-24-28-32-36-40-43(45)46/h42H,3-41H2,1-2H3,(H,45,46). The van der Waals surface area contributed by atoms with Crippen LogP contribution < -0.4 is 0 Å². The number of hydrogen-bond acceptors (Lipinski definition) is 3. The largest absolute Gasteiger partial charge is 0.481 e. The number of carboxylic acid groups (broad SMARTS) is 1. The van der Waals surface area contributed by atoms with Gasteiger partial charge in [0.1, 0.15) is 6.10 Å². The Morgan fingerprint density at radius 1 is 0.375 bits per heavy atom. The molecule has 0 aliphatic carbocycles. The van der Waals surface area contributed by atoms with Crippen LogP contribution in [0.5, 0.6) is 0 Å². The third-order valence-electron chi connectivity index (χ3n) is 10.3. The van der Waals surface area contributed by atoms with Crippen molar-refractivity contribution < 1.29 is 19.4 Å². The summed E-state index contributed by atoms with van der Waals surface area (Å²) in [5, 5.41) is 8.71. The van der Waals surface area contributed by atoms with Crippen LogP contribution in [-0.4, -0.2) is 23.1 Å². The van der Waals surface area contributed by atoms with Gasteiger partial charge in [0, 0.05) is 12.8 Å². The van der Waals surface area contributed by atoms with Crippen LogP contribution >= 0.6 is 0 Å². The van der Waals surface area contributed by atoms with Crippen LogP contribution in [0.3, 0.4) is 0 Å². The van der Waals surface area contributed by atoms with Crippen LogP contribution in [0.25, 0.3) is 0 Å². The fraction of sp³-hybridized carbons (Fsp3) is 0.955. The minimum absolute atomic E-state index is 0.0480. The number of rotatable bonds is 41. The van der Waals surface area contributed by atoms with E-state index in [1.807, 2.05) is 0 Å². The third kappa shape index (κ3) is 39.4. The highest BCUT2D eigenvalue weighted by atomic mass is 16.5. The van der Waals surface area contributed by atoms with Crippen molar-refractivity contribution in [1.29, 1.82) is 0 Å². The Kier molecular flexibility index (Phi) is 39.5. The first-order chi connectivity index (χ1) is 23.6. The van der Waals surface area contributed by atoms with E-state index in [-0.39, 0.29) is 12.1 Å². The molecule has 0 aliphatic rings. The molecule has 0 radical (unpaired) electrons. The normalized spacial score (nSPS) is 12.0. The summed E-state index contributed by atoms with van der Waals surface area (Å²) in [5.74, 6) is -0.620. The molecule has 0 saturated carbocycles. The molecular weight excluding hydrogens is 592 g/mol. The van der Waals surface area contributed by atoms with Gasteiger partial charge in [0.05, 0.1) is 0 Å². The molecule has 1 N–H and O–H groups in total. The summed E-state index contributed by atoms with van der Waals surface area (Å²) in [6, 6.07) is 0. The summed E-state index contributed by atoms with van der Waals surface area (Å²) in [6.07, 6.45) is 48.6. The molecule has 0 aromatic rings. The van der Waals surface area contributed by atoms with Crippen LogP contribution in [-0.2, 0) is 14.3 Å². The Hall–Kier alpha value is -1.06. The summed E-state index contributed by atoms with van der Waals surface area (Å²) < 4.78 is 6.07. The molecule has 1 atom stereocenters. The molecule has 4 nitrogen and oxygen atoms in total. The maximum absolute atomic E-state index is 12.7. The van der Waals surface area contributed by atoms with E-state index in [1.165, 1.54) is 205 Å². The number of hydrogen-bond donors (Lipinski definition) is 1. The van der Waals surface area contributed by atoms with Crippen LogP contribution in [0.15, 0.2) is 0 Å². The zero-order valence-electron chi connectivity index (χ0n) is 32.8. The second kappa shape index (κ2) is 40.4. The fourth-order valence-electron chi connectivity index (χ4n) is 7.07. The zero-order valence-corrected chi connectivity index (χ0v) is 32.8. The van der Waals surface area contributed by atoms with Gasteiger partial charge in [-0.1, -0.05) is 213 Å². The molecular formula is C44H86O4. The molecule has 0 spiro atoms. The topological polar surface area (TPSA) is 63.6 Å². The Bertz CT molecular complexity index is 648. The second-order valence-corrected chi connectivity index (χ2v) is 15.3. The van der Waals surface area contributed by atoms with Crippen molar-refractivity contribution in [3.63, 3.8) is 0 Å². The number of ether oxygens (including phenoxy) is 1. The molecule has 0 rings (SSSR count). The highest BCUT2D eigenvalue weighted by molar-refractivity contribution is 5.69. The van der Waals surface area contributed by atoms with E-state index >= 15 is 0 Å². The van der Waals surface area contributed by atoms with Gasteiger partial charge < -0.3 is 9.84 Å². The highest BCUT2D eigenvalue weighted by Gasteiger charge is 2.14. The summed E-state index contributed by atoms with van der Waals surface area (Å²) >= 11 is 0. The molecule has 1 unspecified atom stereocenters. The Labute approximate surface area is 301 Å². The number of aliphatic carboxylic acids is 1. The smallest absolute Gasteiger partial charge is 0.306 e. The van der Waals surface area contributed by atoms with E-state index in [1.54, 1.807) is 0 Å². The lowest BCUT2D eigenvalue weighted by atomic mass is 10.0. The predicted octanol–water partition coefficient (Wildman–Crippen LogP) is 15.2. The van der Waals surface area contributed by atoms with E-state index in [4.69, 9.17) is 9.84 Å². The van der Waals surface area contributed by atoms with Gasteiger partial charge in [-0.15, -0.1) is 0 Å². The van der Waals surface area contributed by atoms with Gasteiger partial charge in [-0.25, -0.2) is 0 Å². The Morgan fingerprint density at radius 2 is 0.625 bits per heavy atom. The maximum atomic E-state index is 12.7. The van der Waals surface area contributed by atoms with Gasteiger partial charge in [-0.2, -0.15) is 0 Å². The van der Waals surface area contributed by atoms with Gasteiger partial charge in [-0.05, 0) is 38.5 Å². The van der Waals surface area contributed by atoms with Gasteiger partial charge in [-0.3, -0.25) is 9.59 Å². The summed E-state index contributed by atoms with van der Waals surface area (Å²) in [7, 11) is 0. The quantitative estimate of drug-likeness (QED) is 0.0516. The highest BCUT2D eigenvalue weighted by Crippen LogP contribution is 2.20. The number of esters is 1. The SMILES string of the molecule is CCCCCCCCCCCCCCCCCCCC(=O)OC(CCCCCCCCC)CCCCCCCCCCCCCC(=O)O. The number of carbonyl (C=O) groups is 2. The second-order valence-electron chi connectivity index (χ2n) is 15.3. The minimum atomic E-state index is -0.668. The first kappa shape index (κ1) is 46.9. The lowest BCUT2D eigenvalue weighted by Crippen LogP contribution is -2.18. The monoisotopic (exact) mass is 679 g/mol. The first-order valence-electron chi connectivity index (χ1n) is 22.0. The van der Waals surface area contributed by atoms with Crippen molar-refractivity contribution in [3.05, 3.63) is 0 Å². The zero-order chi connectivity index (χ0) is 35.0. The molecule has 48 heavy (non-hydrogen) atoms. The summed E-state index contributed by atoms with van der Waals surface area (Å²) in [6.45, 7) is 4.56. The van der Waals surface area contributed by atoms with Crippen LogP contribution in [0.1, 0.15) is 264 Å². The van der Waals surface area contributed by atoms with E-state index in [0.717, 1.165) is 32.1 Å². The molecule has 0 fully saturated rings. The van der Waals surface area contributed by atoms with E-state index in [0.29, 0.717) is 12.8 Å². The summed E-state index contributed by atoms with van der Waals surface area (Å²) in [5.41, 5.74) is 0. The van der Waals surface area contributed by atoms with Crippen LogP contribution in [0.4, 0.5) is 0 Å². The molecule has 0 amide bonds. The van der Waals surface area contributed by atoms with Crippen molar-refractivity contribution in [2.75, 3.05) is 0 Å². The lowest BCUT2D eigenvalue weighted by molar-refractivity contribution is -0.150. The van der Waals surface area contributed by atoms with E-state index in [2.05, 4.69) is 13.8 Å². The molecule has 4 heteroatoms. The van der Waals surface area contributed by atoms with Crippen molar-refractivity contribution in [2.45, 2.75) is 270 Å². The average molecular weight is 679 g/mol. The molecule has 0 bridgehead atoms. The number of carboxylic acids is 1. The van der Waals surface area contributed by atoms with E-state index in [9.17, 15) is 9.59 Å². The van der Waals surface area contributed by atoms with Gasteiger partial charge in [0.2, 0.25) is 0 Å². The van der Waals surface area contributed by atoms with Gasteiger partial charge >= 0.3 is 11.9 Å². The summed E-state index contributed by atoms with van der Waals surface area (Å²) in [4.78, 5) is 23.3. The number of unbranched alkanes of at least 4 members (excludes halogenated alkanes) is 32. The maximum Gasteiger partial charge on any atom is 0.306 e. The van der Waals surface area contributed by atoms with Crippen LogP contribution in [0.2, 0.25) is 0 Å². The average Bonchev–Trinajstić information content (AvgIpc) is 3.07. The molecule has 0 heterocycles. The Balaban J connectivity index is 3.89. The van der Waals surface area contributed by atoms with Crippen molar-refractivity contribution in [3.8, 4) is 0 Å². The number of carbonyl (C=O) groups excluding carboxylic acids is 1. The lowest BCUT2D eigenvalue weighted by Gasteiger charge is -2.18. The van der Waals surface area contributed by atoms with Crippen molar-refractivity contribution in [1.82, 2.24) is 0 Å². The van der Waals surface area contributed by atoms with Crippen molar-refractivity contribution >= 4 is 11.9 Å². The first-order valence-corrected chi connectivity index (χ1v) is 22.0. The van der Waals surface area contributed by atoms with E-state index < -0.39 is 5.97 Å². The molecule has 286 valence electrons. The van der Waals surface area contributed by atoms with Crippen LogP contribution in [0, 0.1) is 0 Å². The minimum Gasteiger partial charge on any atom is -0.481 e. The van der Waals surface area contributed by atoms with Gasteiger partial charge in [0.25, 0.3) is 0 Å². The third-order valence-corrected chi connectivity index (χ3v) is 10.3. The predicted molar refractivity (Wildman–Crippen MR) is 209 cm³/mol. The molecule has 0 saturated heterocycles. The Morgan fingerprint density at radius 3 is 0.917 bits per heavy atom. The molecule has 0 aliphatic heterocycles. The van der Waals surface area contributed by atoms with Crippen molar-refractivity contribution in [2.24, 2.45) is 0 Å². The van der Waals surface area contributed by atoms with Gasteiger partial charge in [0.15, 0.2) is 0 Å². The molecule has 0 aromatic carbocycles. The fourth-order valence-corrected chi connectivity index (χ4v) is 7.07.